The molecule has 7 nitrogen and oxygen atoms in total. The van der Waals surface area contributed by atoms with Gasteiger partial charge in [0.1, 0.15) is 18.2 Å². The predicted octanol–water partition coefficient (Wildman–Crippen LogP) is 6.49. The Hall–Kier alpha value is -3.49. The molecule has 4 rings (SSSR count). The van der Waals surface area contributed by atoms with E-state index < -0.39 is 5.97 Å². The van der Waals surface area contributed by atoms with E-state index in [0.717, 1.165) is 10.9 Å². The van der Waals surface area contributed by atoms with Crippen LogP contribution in [0.5, 0.6) is 5.75 Å². The number of halogens is 2. The van der Waals surface area contributed by atoms with Crippen LogP contribution < -0.4 is 10.3 Å². The van der Waals surface area contributed by atoms with Crippen molar-refractivity contribution in [1.29, 1.82) is 0 Å². The van der Waals surface area contributed by atoms with Crippen LogP contribution in [0.4, 0.5) is 0 Å². The number of carboxylic acid groups (broad SMARTS) is 1. The van der Waals surface area contributed by atoms with Crippen molar-refractivity contribution in [3.8, 4) is 5.75 Å². The Morgan fingerprint density at radius 3 is 2.78 bits per heavy atom. The topological polar surface area (TPSA) is 93.8 Å². The van der Waals surface area contributed by atoms with Crippen LogP contribution in [-0.2, 0) is 6.61 Å². The van der Waals surface area contributed by atoms with Crippen molar-refractivity contribution in [2.24, 2.45) is 5.10 Å². The van der Waals surface area contributed by atoms with Crippen LogP contribution in [-0.4, -0.2) is 27.0 Å². The van der Waals surface area contributed by atoms with Gasteiger partial charge in [0.2, 0.25) is 0 Å². The van der Waals surface area contributed by atoms with E-state index in [4.69, 9.17) is 21.3 Å². The third-order valence-electron chi connectivity index (χ3n) is 5.74. The Labute approximate surface area is 221 Å². The third-order valence-corrected chi connectivity index (χ3v) is 6.47. The van der Waals surface area contributed by atoms with E-state index in [2.05, 4.69) is 21.0 Å². The first-order chi connectivity index (χ1) is 17.3. The fourth-order valence-corrected chi connectivity index (χ4v) is 4.15. The average molecular weight is 569 g/mol. The number of carboxylic acids is 1. The number of ether oxygens (including phenoxy) is 1. The summed E-state index contributed by atoms with van der Waals surface area (Å²) >= 11 is 9.65. The van der Waals surface area contributed by atoms with Gasteiger partial charge in [-0.2, -0.15) is 9.78 Å². The van der Waals surface area contributed by atoms with E-state index in [9.17, 15) is 14.7 Å². The van der Waals surface area contributed by atoms with Crippen molar-refractivity contribution in [3.63, 3.8) is 0 Å². The molecule has 0 saturated carbocycles. The first-order valence-corrected chi connectivity index (χ1v) is 12.4. The molecule has 0 amide bonds. The number of nitrogens with zero attached hydrogens (tertiary/aromatic N) is 3. The van der Waals surface area contributed by atoms with Crippen molar-refractivity contribution < 1.29 is 14.6 Å². The van der Waals surface area contributed by atoms with Gasteiger partial charge in [-0.05, 0) is 60.5 Å². The molecule has 1 atom stereocenters. The van der Waals surface area contributed by atoms with Crippen LogP contribution in [0.25, 0.3) is 10.9 Å². The van der Waals surface area contributed by atoms with Crippen LogP contribution in [0, 0.1) is 0 Å². The highest BCUT2D eigenvalue weighted by Crippen LogP contribution is 2.24. The van der Waals surface area contributed by atoms with Gasteiger partial charge < -0.3 is 9.84 Å². The number of fused-ring (bicyclic) bond motifs is 1. The van der Waals surface area contributed by atoms with Gasteiger partial charge in [-0.1, -0.05) is 53.5 Å². The summed E-state index contributed by atoms with van der Waals surface area (Å²) in [6.07, 6.45) is 2.30. The largest absolute Gasteiger partial charge is 0.488 e. The molecule has 9 heteroatoms. The number of carbonyl (C=O) groups is 1. The fourth-order valence-electron chi connectivity index (χ4n) is 3.61. The molecule has 0 unspecified atom stereocenters. The molecule has 0 aliphatic heterocycles. The maximum Gasteiger partial charge on any atom is 0.335 e. The predicted molar refractivity (Wildman–Crippen MR) is 145 cm³/mol. The molecule has 1 heterocycles. The zero-order valence-electron chi connectivity index (χ0n) is 19.6. The second-order valence-corrected chi connectivity index (χ2v) is 9.63. The van der Waals surface area contributed by atoms with Crippen molar-refractivity contribution in [1.82, 2.24) is 9.66 Å². The molecule has 4 aromatic rings. The molecule has 0 bridgehead atoms. The van der Waals surface area contributed by atoms with Crippen LogP contribution in [0.3, 0.4) is 0 Å². The van der Waals surface area contributed by atoms with Gasteiger partial charge in [0.05, 0.1) is 22.7 Å². The molecular formula is C27H23BrClN3O4. The van der Waals surface area contributed by atoms with E-state index in [1.807, 2.05) is 26.0 Å². The smallest absolute Gasteiger partial charge is 0.335 e. The first-order valence-electron chi connectivity index (χ1n) is 11.3. The summed E-state index contributed by atoms with van der Waals surface area (Å²) in [5.41, 5.74) is 1.78. The Kier molecular flexibility index (Phi) is 7.86. The van der Waals surface area contributed by atoms with E-state index in [-0.39, 0.29) is 23.6 Å². The maximum atomic E-state index is 13.4. The van der Waals surface area contributed by atoms with Gasteiger partial charge in [-0.3, -0.25) is 4.79 Å². The first kappa shape index (κ1) is 25.6. The molecule has 0 aliphatic carbocycles. The van der Waals surface area contributed by atoms with Gasteiger partial charge in [0, 0.05) is 21.0 Å². The minimum Gasteiger partial charge on any atom is -0.488 e. The lowest BCUT2D eigenvalue weighted by molar-refractivity contribution is 0.0696. The number of hydrogen-bond donors (Lipinski definition) is 1. The van der Waals surface area contributed by atoms with E-state index in [0.29, 0.717) is 38.6 Å². The van der Waals surface area contributed by atoms with Gasteiger partial charge in [-0.15, -0.1) is 0 Å². The summed E-state index contributed by atoms with van der Waals surface area (Å²) in [6, 6.07) is 17.0. The highest BCUT2D eigenvalue weighted by molar-refractivity contribution is 9.10. The van der Waals surface area contributed by atoms with Gasteiger partial charge in [-0.25, -0.2) is 9.78 Å². The van der Waals surface area contributed by atoms with Crippen LogP contribution >= 0.6 is 27.5 Å². The van der Waals surface area contributed by atoms with Crippen LogP contribution in [0.2, 0.25) is 5.02 Å². The fraction of sp³-hybridized carbons (Fsp3) is 0.185. The summed E-state index contributed by atoms with van der Waals surface area (Å²) in [7, 11) is 0. The van der Waals surface area contributed by atoms with Gasteiger partial charge >= 0.3 is 5.97 Å². The lowest BCUT2D eigenvalue weighted by Gasteiger charge is -2.14. The van der Waals surface area contributed by atoms with Gasteiger partial charge in [0.25, 0.3) is 5.56 Å². The highest BCUT2D eigenvalue weighted by atomic mass is 79.9. The Bertz CT molecular complexity index is 1530. The summed E-state index contributed by atoms with van der Waals surface area (Å²) in [6.45, 7) is 4.17. The quantitative estimate of drug-likeness (QED) is 0.245. The summed E-state index contributed by atoms with van der Waals surface area (Å²) in [5.74, 6) is 0.0382. The maximum absolute atomic E-state index is 13.4. The van der Waals surface area contributed by atoms with Crippen molar-refractivity contribution in [2.45, 2.75) is 32.8 Å². The number of aromatic nitrogens is 2. The molecule has 0 aliphatic rings. The number of rotatable bonds is 8. The highest BCUT2D eigenvalue weighted by Gasteiger charge is 2.16. The van der Waals surface area contributed by atoms with Crippen molar-refractivity contribution in [3.05, 3.63) is 103 Å². The normalized spacial score (nSPS) is 12.2. The molecule has 36 heavy (non-hydrogen) atoms. The molecule has 184 valence electrons. The summed E-state index contributed by atoms with van der Waals surface area (Å²) < 4.78 is 8.06. The van der Waals surface area contributed by atoms with Crippen LogP contribution in [0.15, 0.2) is 75.0 Å². The SMILES string of the molecule is CC[C@H](C)c1nc2ccc(Br)cc2c(=O)n1N=Cc1cc(Cl)ccc1OCc1cccc(C(=O)O)c1. The second-order valence-electron chi connectivity index (χ2n) is 8.28. The number of hydrogen-bond acceptors (Lipinski definition) is 5. The van der Waals surface area contributed by atoms with E-state index in [1.165, 1.54) is 17.0 Å². The Morgan fingerprint density at radius 2 is 2.03 bits per heavy atom. The van der Waals surface area contributed by atoms with E-state index >= 15 is 0 Å². The Morgan fingerprint density at radius 1 is 1.22 bits per heavy atom. The third kappa shape index (κ3) is 5.66. The molecule has 0 spiro atoms. The van der Waals surface area contributed by atoms with Crippen LogP contribution in [0.1, 0.15) is 53.5 Å². The molecule has 0 saturated heterocycles. The van der Waals surface area contributed by atoms with E-state index in [1.54, 1.807) is 42.5 Å². The molecule has 1 aromatic heterocycles. The molecule has 0 radical (unpaired) electrons. The molecule has 0 fully saturated rings. The second kappa shape index (κ2) is 11.1. The van der Waals surface area contributed by atoms with Crippen molar-refractivity contribution >= 4 is 50.6 Å². The molecular weight excluding hydrogens is 546 g/mol. The summed E-state index contributed by atoms with van der Waals surface area (Å²) in [5, 5.41) is 14.7. The minimum atomic E-state index is -1.00. The molecule has 3 aromatic carbocycles. The monoisotopic (exact) mass is 567 g/mol. The zero-order valence-corrected chi connectivity index (χ0v) is 22.0. The standard InChI is InChI=1S/C27H23BrClN3O4/c1-3-16(2)25-31-23-9-7-20(28)13-22(23)26(33)32(25)30-14-19-12-21(29)8-10-24(19)36-15-17-5-4-6-18(11-17)27(34)35/h4-14,16H,3,15H2,1-2H3,(H,34,35)/t16-/m0/s1. The Balaban J connectivity index is 1.72. The average Bonchev–Trinajstić information content (AvgIpc) is 2.87. The summed E-state index contributed by atoms with van der Waals surface area (Å²) in [4.78, 5) is 29.4. The lowest BCUT2D eigenvalue weighted by atomic mass is 10.1. The van der Waals surface area contributed by atoms with Crippen molar-refractivity contribution in [2.75, 3.05) is 0 Å². The number of benzene rings is 3. The number of aromatic carboxylic acids is 1. The van der Waals surface area contributed by atoms with Gasteiger partial charge in [0.15, 0.2) is 0 Å². The zero-order chi connectivity index (χ0) is 25.8. The molecule has 1 N–H and O–H groups in total. The minimum absolute atomic E-state index is 0.000472. The lowest BCUT2D eigenvalue weighted by Crippen LogP contribution is -2.23.